The van der Waals surface area contributed by atoms with Crippen LogP contribution in [0.4, 0.5) is 0 Å². The van der Waals surface area contributed by atoms with Crippen LogP contribution in [0.1, 0.15) is 17.3 Å². The van der Waals surface area contributed by atoms with Crippen LogP contribution in [0, 0.1) is 0 Å². The Hall–Kier alpha value is -0.730. The monoisotopic (exact) mass is 226 g/mol. The molecule has 3 heteroatoms. The molecule has 1 aromatic rings. The van der Waals surface area contributed by atoms with E-state index in [0.29, 0.717) is 16.3 Å². The molecule has 0 atom stereocenters. The molecule has 0 aliphatic rings. The Balaban J connectivity index is 2.70. The summed E-state index contributed by atoms with van der Waals surface area (Å²) in [5, 5.41) is 0.514. The zero-order valence-electron chi connectivity index (χ0n) is 7.92. The van der Waals surface area contributed by atoms with Crippen molar-refractivity contribution in [3.8, 4) is 0 Å². The van der Waals surface area contributed by atoms with Gasteiger partial charge >= 0.3 is 0 Å². The van der Waals surface area contributed by atoms with Crippen LogP contribution in [0.2, 0.25) is 5.02 Å². The average Bonchev–Trinajstić information content (AvgIpc) is 2.15. The lowest BCUT2D eigenvalue weighted by atomic mass is 10.1. The van der Waals surface area contributed by atoms with Crippen molar-refractivity contribution >= 4 is 29.1 Å². The normalized spacial score (nSPS) is 9.86. The average molecular weight is 227 g/mol. The molecule has 14 heavy (non-hydrogen) atoms. The number of rotatable bonds is 4. The molecule has 0 saturated carbocycles. The van der Waals surface area contributed by atoms with E-state index < -0.39 is 0 Å². The molecule has 0 amide bonds. The van der Waals surface area contributed by atoms with Crippen molar-refractivity contribution in [2.75, 3.05) is 5.75 Å². The molecule has 0 fully saturated rings. The van der Waals surface area contributed by atoms with Crippen LogP contribution in [0.5, 0.6) is 0 Å². The van der Waals surface area contributed by atoms with Gasteiger partial charge in [-0.05, 0) is 24.0 Å². The third-order valence-electron chi connectivity index (χ3n) is 1.62. The molecule has 1 aromatic carbocycles. The zero-order chi connectivity index (χ0) is 10.6. The van der Waals surface area contributed by atoms with Crippen LogP contribution < -0.4 is 0 Å². The van der Waals surface area contributed by atoms with Gasteiger partial charge in [0.25, 0.3) is 0 Å². The van der Waals surface area contributed by atoms with Gasteiger partial charge in [-0.3, -0.25) is 4.79 Å². The predicted octanol–water partition coefficient (Wildman–Crippen LogP) is 3.79. The summed E-state index contributed by atoms with van der Waals surface area (Å²) < 4.78 is 0. The fraction of sp³-hybridized carbons (Fsp3) is 0.182. The van der Waals surface area contributed by atoms with Crippen LogP contribution in [0.15, 0.2) is 35.7 Å². The number of thioether (sulfide) groups is 1. The summed E-state index contributed by atoms with van der Waals surface area (Å²) in [5.74, 6) is 0.447. The Kier molecular flexibility index (Phi) is 4.23. The van der Waals surface area contributed by atoms with Crippen LogP contribution in [0.25, 0.3) is 0 Å². The molecule has 1 nitrogen and oxygen atoms in total. The molecular formula is C11H11ClOS. The SMILES string of the molecule is C=C(C)SCC(=O)c1ccccc1Cl. The van der Waals surface area contributed by atoms with Gasteiger partial charge in [0.05, 0.1) is 10.8 Å². The highest BCUT2D eigenvalue weighted by Gasteiger charge is 2.09. The van der Waals surface area contributed by atoms with E-state index in [1.54, 1.807) is 12.1 Å². The lowest BCUT2D eigenvalue weighted by Crippen LogP contribution is -2.02. The van der Waals surface area contributed by atoms with E-state index in [1.165, 1.54) is 11.8 Å². The number of hydrogen-bond acceptors (Lipinski definition) is 2. The standard InChI is InChI=1S/C11H11ClOS/c1-8(2)14-7-11(13)9-5-3-4-6-10(9)12/h3-6H,1,7H2,2H3. The molecule has 0 heterocycles. The number of Topliss-reactive ketones (excluding diaryl/α,β-unsaturated/α-hetero) is 1. The Labute approximate surface area is 93.2 Å². The second-order valence-electron chi connectivity index (χ2n) is 2.89. The fourth-order valence-corrected chi connectivity index (χ4v) is 1.73. The van der Waals surface area contributed by atoms with Gasteiger partial charge in [0.1, 0.15) is 0 Å². The first-order chi connectivity index (χ1) is 6.61. The summed E-state index contributed by atoms with van der Waals surface area (Å²) in [7, 11) is 0. The van der Waals surface area contributed by atoms with Crippen LogP contribution >= 0.6 is 23.4 Å². The van der Waals surface area contributed by atoms with E-state index in [4.69, 9.17) is 11.6 Å². The molecule has 0 spiro atoms. The first-order valence-corrected chi connectivity index (χ1v) is 5.53. The number of benzene rings is 1. The van der Waals surface area contributed by atoms with Gasteiger partial charge in [-0.2, -0.15) is 0 Å². The molecule has 0 aliphatic carbocycles. The molecule has 0 radical (unpaired) electrons. The molecule has 1 rings (SSSR count). The van der Waals surface area contributed by atoms with E-state index in [9.17, 15) is 4.79 Å². The van der Waals surface area contributed by atoms with Gasteiger partial charge < -0.3 is 0 Å². The first kappa shape index (κ1) is 11.3. The van der Waals surface area contributed by atoms with Gasteiger partial charge in [0, 0.05) is 5.56 Å². The van der Waals surface area contributed by atoms with Crippen LogP contribution in [0.3, 0.4) is 0 Å². The van der Waals surface area contributed by atoms with Gasteiger partial charge in [-0.25, -0.2) is 0 Å². The number of allylic oxidation sites excluding steroid dienone is 1. The Bertz CT molecular complexity index is 360. The summed E-state index contributed by atoms with van der Waals surface area (Å²) in [5.41, 5.74) is 0.586. The van der Waals surface area contributed by atoms with Gasteiger partial charge in [-0.1, -0.05) is 30.3 Å². The fourth-order valence-electron chi connectivity index (χ4n) is 0.954. The highest BCUT2D eigenvalue weighted by molar-refractivity contribution is 8.03. The number of carbonyl (C=O) groups is 1. The zero-order valence-corrected chi connectivity index (χ0v) is 9.49. The summed E-state index contributed by atoms with van der Waals surface area (Å²) in [6.45, 7) is 5.60. The van der Waals surface area contributed by atoms with Crippen molar-refractivity contribution in [2.24, 2.45) is 0 Å². The Morgan fingerprint density at radius 1 is 1.50 bits per heavy atom. The molecule has 0 aromatic heterocycles. The smallest absolute Gasteiger partial charge is 0.174 e. The molecular weight excluding hydrogens is 216 g/mol. The number of halogens is 1. The van der Waals surface area contributed by atoms with Crippen molar-refractivity contribution in [2.45, 2.75) is 6.92 Å². The quantitative estimate of drug-likeness (QED) is 0.727. The first-order valence-electron chi connectivity index (χ1n) is 4.17. The van der Waals surface area contributed by atoms with E-state index in [-0.39, 0.29) is 5.78 Å². The molecule has 0 N–H and O–H groups in total. The van der Waals surface area contributed by atoms with E-state index in [0.717, 1.165) is 4.91 Å². The summed E-state index contributed by atoms with van der Waals surface area (Å²) >= 11 is 7.32. The maximum Gasteiger partial charge on any atom is 0.174 e. The highest BCUT2D eigenvalue weighted by atomic mass is 35.5. The summed E-state index contributed by atoms with van der Waals surface area (Å²) in [4.78, 5) is 12.6. The van der Waals surface area contributed by atoms with Gasteiger partial charge in [-0.15, -0.1) is 11.8 Å². The van der Waals surface area contributed by atoms with Crippen molar-refractivity contribution in [1.29, 1.82) is 0 Å². The Morgan fingerprint density at radius 3 is 2.71 bits per heavy atom. The third kappa shape index (κ3) is 3.20. The van der Waals surface area contributed by atoms with Crippen molar-refractivity contribution in [3.05, 3.63) is 46.3 Å². The van der Waals surface area contributed by atoms with Crippen molar-refractivity contribution in [1.82, 2.24) is 0 Å². The van der Waals surface area contributed by atoms with Gasteiger partial charge in [0.15, 0.2) is 5.78 Å². The summed E-state index contributed by atoms with van der Waals surface area (Å²) in [6.07, 6.45) is 0. The Morgan fingerprint density at radius 2 is 2.14 bits per heavy atom. The minimum absolute atomic E-state index is 0.0450. The minimum Gasteiger partial charge on any atom is -0.293 e. The van der Waals surface area contributed by atoms with Gasteiger partial charge in [0.2, 0.25) is 0 Å². The minimum atomic E-state index is 0.0450. The molecule has 0 saturated heterocycles. The van der Waals surface area contributed by atoms with Crippen LogP contribution in [-0.4, -0.2) is 11.5 Å². The lowest BCUT2D eigenvalue weighted by molar-refractivity contribution is 0.102. The van der Waals surface area contributed by atoms with Crippen molar-refractivity contribution < 1.29 is 4.79 Å². The second kappa shape index (κ2) is 5.23. The highest BCUT2D eigenvalue weighted by Crippen LogP contribution is 2.19. The molecule has 0 bridgehead atoms. The number of hydrogen-bond donors (Lipinski definition) is 0. The summed E-state index contributed by atoms with van der Waals surface area (Å²) in [6, 6.07) is 7.08. The number of ketones is 1. The molecule has 0 aliphatic heterocycles. The van der Waals surface area contributed by atoms with Crippen molar-refractivity contribution in [3.63, 3.8) is 0 Å². The topological polar surface area (TPSA) is 17.1 Å². The largest absolute Gasteiger partial charge is 0.293 e. The predicted molar refractivity (Wildman–Crippen MR) is 63.1 cm³/mol. The van der Waals surface area contributed by atoms with E-state index in [2.05, 4.69) is 6.58 Å². The van der Waals surface area contributed by atoms with E-state index >= 15 is 0 Å². The second-order valence-corrected chi connectivity index (χ2v) is 4.58. The maximum absolute atomic E-state index is 11.6. The molecule has 0 unspecified atom stereocenters. The van der Waals surface area contributed by atoms with E-state index in [1.807, 2.05) is 19.1 Å². The third-order valence-corrected chi connectivity index (χ3v) is 2.85. The molecule has 74 valence electrons. The van der Waals surface area contributed by atoms with Crippen LogP contribution in [-0.2, 0) is 0 Å². The number of carbonyl (C=O) groups excluding carboxylic acids is 1. The maximum atomic E-state index is 11.6. The lowest BCUT2D eigenvalue weighted by Gasteiger charge is -2.02.